The van der Waals surface area contributed by atoms with Gasteiger partial charge in [-0.1, -0.05) is 40.2 Å². The Morgan fingerprint density at radius 1 is 1.24 bits per heavy atom. The van der Waals surface area contributed by atoms with E-state index in [1.165, 1.54) is 11.8 Å². The van der Waals surface area contributed by atoms with Gasteiger partial charge in [0.1, 0.15) is 6.07 Å². The molecule has 2 nitrogen and oxygen atoms in total. The minimum atomic E-state index is 0.632. The van der Waals surface area contributed by atoms with E-state index < -0.39 is 0 Å². The van der Waals surface area contributed by atoms with E-state index in [-0.39, 0.29) is 0 Å². The first-order valence-electron chi connectivity index (χ1n) is 6.15. The number of allylic oxidation sites excluding steroid dienone is 1. The van der Waals surface area contributed by atoms with Crippen molar-refractivity contribution in [3.8, 4) is 6.07 Å². The smallest absolute Gasteiger partial charge is 0.156 e. The van der Waals surface area contributed by atoms with Gasteiger partial charge in [-0.25, -0.2) is 4.98 Å². The molecule has 0 N–H and O–H groups in total. The van der Waals surface area contributed by atoms with Crippen LogP contribution in [0.1, 0.15) is 5.56 Å². The molecule has 0 aliphatic heterocycles. The molecule has 0 radical (unpaired) electrons. The molecule has 1 heterocycles. The second kappa shape index (κ2) is 6.44. The first-order chi connectivity index (χ1) is 10.2. The van der Waals surface area contributed by atoms with Crippen molar-refractivity contribution in [2.24, 2.45) is 0 Å². The zero-order chi connectivity index (χ0) is 14.7. The van der Waals surface area contributed by atoms with E-state index in [0.717, 1.165) is 24.6 Å². The maximum atomic E-state index is 9.32. The molecule has 0 spiro atoms. The van der Waals surface area contributed by atoms with Crippen LogP contribution >= 0.6 is 39.0 Å². The van der Waals surface area contributed by atoms with Crippen molar-refractivity contribution in [1.29, 1.82) is 5.26 Å². The first-order valence-corrected chi connectivity index (χ1v) is 8.58. The Morgan fingerprint density at radius 3 is 2.86 bits per heavy atom. The largest absolute Gasteiger partial charge is 0.229 e. The number of aromatic nitrogens is 1. The fraction of sp³-hybridized carbons (Fsp3) is 0. The zero-order valence-electron chi connectivity index (χ0n) is 10.8. The minimum Gasteiger partial charge on any atom is -0.229 e. The molecular formula is C16H9BrN2S2. The Bertz CT molecular complexity index is 829. The highest BCUT2D eigenvalue weighted by molar-refractivity contribution is 9.10. The first kappa shape index (κ1) is 14.3. The predicted molar refractivity (Wildman–Crippen MR) is 93.2 cm³/mol. The SMILES string of the molecule is N#CC(=Cc1cccc(Br)c1)Sc1nc2ccccc2s1. The van der Waals surface area contributed by atoms with E-state index in [9.17, 15) is 5.26 Å². The lowest BCUT2D eigenvalue weighted by Crippen LogP contribution is -1.76. The minimum absolute atomic E-state index is 0.632. The van der Waals surface area contributed by atoms with Crippen molar-refractivity contribution in [1.82, 2.24) is 4.98 Å². The third kappa shape index (κ3) is 3.53. The van der Waals surface area contributed by atoms with Crippen LogP contribution in [0.15, 0.2) is 62.2 Å². The van der Waals surface area contributed by atoms with Gasteiger partial charge >= 0.3 is 0 Å². The van der Waals surface area contributed by atoms with Gasteiger partial charge < -0.3 is 0 Å². The molecule has 0 amide bonds. The van der Waals surface area contributed by atoms with Gasteiger partial charge in [-0.2, -0.15) is 5.26 Å². The number of rotatable bonds is 3. The number of hydrogen-bond acceptors (Lipinski definition) is 4. The molecule has 0 saturated carbocycles. The van der Waals surface area contributed by atoms with E-state index in [1.54, 1.807) is 11.3 Å². The number of thioether (sulfide) groups is 1. The maximum Gasteiger partial charge on any atom is 0.156 e. The summed E-state index contributed by atoms with van der Waals surface area (Å²) >= 11 is 6.45. The molecule has 3 aromatic rings. The van der Waals surface area contributed by atoms with Gasteiger partial charge in [-0.05, 0) is 47.7 Å². The number of halogens is 1. The van der Waals surface area contributed by atoms with Crippen LogP contribution in [0.4, 0.5) is 0 Å². The lowest BCUT2D eigenvalue weighted by atomic mass is 10.2. The van der Waals surface area contributed by atoms with Crippen LogP contribution < -0.4 is 0 Å². The van der Waals surface area contributed by atoms with E-state index in [1.807, 2.05) is 54.6 Å². The van der Waals surface area contributed by atoms with Crippen molar-refractivity contribution in [3.63, 3.8) is 0 Å². The van der Waals surface area contributed by atoms with Gasteiger partial charge in [0.2, 0.25) is 0 Å². The molecule has 1 aromatic heterocycles. The topological polar surface area (TPSA) is 36.7 Å². The van der Waals surface area contributed by atoms with Gasteiger partial charge in [0.05, 0.1) is 15.1 Å². The monoisotopic (exact) mass is 372 g/mol. The molecule has 0 saturated heterocycles. The van der Waals surface area contributed by atoms with Crippen LogP contribution in [0.5, 0.6) is 0 Å². The van der Waals surface area contributed by atoms with Crippen molar-refractivity contribution < 1.29 is 0 Å². The number of thiazole rings is 1. The van der Waals surface area contributed by atoms with Crippen molar-refractivity contribution in [2.75, 3.05) is 0 Å². The molecule has 0 bridgehead atoms. The van der Waals surface area contributed by atoms with Crippen LogP contribution in [-0.4, -0.2) is 4.98 Å². The van der Waals surface area contributed by atoms with Crippen molar-refractivity contribution in [2.45, 2.75) is 4.34 Å². The van der Waals surface area contributed by atoms with Crippen LogP contribution in [-0.2, 0) is 0 Å². The molecule has 5 heteroatoms. The van der Waals surface area contributed by atoms with Crippen LogP contribution in [0.2, 0.25) is 0 Å². The molecular weight excluding hydrogens is 364 g/mol. The molecule has 2 aromatic carbocycles. The van der Waals surface area contributed by atoms with Gasteiger partial charge in [-0.15, -0.1) is 11.3 Å². The van der Waals surface area contributed by atoms with Gasteiger partial charge in [0, 0.05) is 4.47 Å². The molecule has 102 valence electrons. The van der Waals surface area contributed by atoms with Gasteiger partial charge in [-0.3, -0.25) is 0 Å². The molecule has 3 rings (SSSR count). The Hall–Kier alpha value is -1.61. The summed E-state index contributed by atoms with van der Waals surface area (Å²) < 4.78 is 3.03. The van der Waals surface area contributed by atoms with Crippen molar-refractivity contribution >= 4 is 55.3 Å². The molecule has 0 aliphatic carbocycles. The quantitative estimate of drug-likeness (QED) is 0.435. The summed E-state index contributed by atoms with van der Waals surface area (Å²) in [6.07, 6.45) is 1.88. The second-order valence-electron chi connectivity index (χ2n) is 4.22. The summed E-state index contributed by atoms with van der Waals surface area (Å²) in [5.41, 5.74) is 1.97. The maximum absolute atomic E-state index is 9.32. The number of nitriles is 1. The Morgan fingerprint density at radius 2 is 2.10 bits per heavy atom. The van der Waals surface area contributed by atoms with Crippen molar-refractivity contribution in [3.05, 3.63) is 63.5 Å². The highest BCUT2D eigenvalue weighted by atomic mass is 79.9. The lowest BCUT2D eigenvalue weighted by molar-refractivity contribution is 1.31. The van der Waals surface area contributed by atoms with Gasteiger partial charge in [0.15, 0.2) is 4.34 Å². The average Bonchev–Trinajstić information content (AvgIpc) is 2.89. The molecule has 0 unspecified atom stereocenters. The number of benzene rings is 2. The van der Waals surface area contributed by atoms with Crippen LogP contribution in [0.25, 0.3) is 16.3 Å². The van der Waals surface area contributed by atoms with Crippen LogP contribution in [0, 0.1) is 11.3 Å². The predicted octanol–water partition coefficient (Wildman–Crippen LogP) is 5.72. The summed E-state index contributed by atoms with van der Waals surface area (Å²) in [5.74, 6) is 0. The molecule has 0 aliphatic rings. The second-order valence-corrected chi connectivity index (χ2v) is 7.46. The fourth-order valence-corrected chi connectivity index (χ4v) is 4.21. The Balaban J connectivity index is 1.89. The third-order valence-corrected chi connectivity index (χ3v) is 5.25. The Kier molecular flexibility index (Phi) is 4.39. The zero-order valence-corrected chi connectivity index (χ0v) is 14.0. The third-order valence-electron chi connectivity index (χ3n) is 2.73. The standard InChI is InChI=1S/C16H9BrN2S2/c17-12-5-3-4-11(8-12)9-13(10-18)20-16-19-14-6-1-2-7-15(14)21-16/h1-9H. The van der Waals surface area contributed by atoms with E-state index in [2.05, 4.69) is 27.0 Å². The summed E-state index contributed by atoms with van der Waals surface area (Å²) in [7, 11) is 0. The summed E-state index contributed by atoms with van der Waals surface area (Å²) in [6, 6.07) is 18.1. The van der Waals surface area contributed by atoms with Gasteiger partial charge in [0.25, 0.3) is 0 Å². The normalized spacial score (nSPS) is 11.5. The number of nitrogens with zero attached hydrogens (tertiary/aromatic N) is 2. The van der Waals surface area contributed by atoms with Crippen LogP contribution in [0.3, 0.4) is 0 Å². The fourth-order valence-electron chi connectivity index (χ4n) is 1.82. The highest BCUT2D eigenvalue weighted by Gasteiger charge is 2.07. The number of fused-ring (bicyclic) bond motifs is 1. The molecule has 0 fully saturated rings. The molecule has 0 atom stereocenters. The summed E-state index contributed by atoms with van der Waals surface area (Å²) in [4.78, 5) is 5.17. The van der Waals surface area contributed by atoms with E-state index in [4.69, 9.17) is 0 Å². The summed E-state index contributed by atoms with van der Waals surface area (Å²) in [6.45, 7) is 0. The average molecular weight is 373 g/mol. The Labute approximate surface area is 139 Å². The van der Waals surface area contributed by atoms with E-state index in [0.29, 0.717) is 4.91 Å². The lowest BCUT2D eigenvalue weighted by Gasteiger charge is -1.97. The summed E-state index contributed by atoms with van der Waals surface area (Å²) in [5, 5.41) is 9.32. The number of para-hydroxylation sites is 1. The number of hydrogen-bond donors (Lipinski definition) is 0. The molecule has 21 heavy (non-hydrogen) atoms. The van der Waals surface area contributed by atoms with E-state index >= 15 is 0 Å². The highest BCUT2D eigenvalue weighted by Crippen LogP contribution is 2.34.